The quantitative estimate of drug-likeness (QED) is 0.655. The summed E-state index contributed by atoms with van der Waals surface area (Å²) >= 11 is 0. The van der Waals surface area contributed by atoms with E-state index in [1.54, 1.807) is 12.2 Å². The van der Waals surface area contributed by atoms with E-state index in [2.05, 4.69) is 0 Å². The van der Waals surface area contributed by atoms with Crippen LogP contribution in [-0.2, 0) is 10.2 Å². The summed E-state index contributed by atoms with van der Waals surface area (Å²) in [5.41, 5.74) is 0.571. The van der Waals surface area contributed by atoms with E-state index in [9.17, 15) is 4.79 Å². The Morgan fingerprint density at radius 1 is 1.07 bits per heavy atom. The van der Waals surface area contributed by atoms with Crippen molar-refractivity contribution in [3.05, 3.63) is 60.2 Å². The summed E-state index contributed by atoms with van der Waals surface area (Å²) in [7, 11) is 0. The van der Waals surface area contributed by atoms with Gasteiger partial charge in [-0.25, -0.2) is 0 Å². The molecule has 1 heteroatoms. The van der Waals surface area contributed by atoms with Crippen LogP contribution >= 0.6 is 0 Å². The summed E-state index contributed by atoms with van der Waals surface area (Å²) in [6, 6.07) is 9.85. The number of benzene rings is 1. The van der Waals surface area contributed by atoms with Gasteiger partial charge < -0.3 is 0 Å². The van der Waals surface area contributed by atoms with Crippen molar-refractivity contribution in [1.29, 1.82) is 0 Å². The molecule has 1 unspecified atom stereocenters. The monoisotopic (exact) mass is 184 g/mol. The zero-order valence-electron chi connectivity index (χ0n) is 8.10. The van der Waals surface area contributed by atoms with Gasteiger partial charge in [0, 0.05) is 0 Å². The van der Waals surface area contributed by atoms with Crippen LogP contribution in [0.25, 0.3) is 0 Å². The third-order valence-electron chi connectivity index (χ3n) is 2.67. The Labute approximate surface area is 83.8 Å². The Bertz CT molecular complexity index is 401. The maximum atomic E-state index is 11.8. The third kappa shape index (κ3) is 1.31. The number of carbonyl (C=O) groups is 1. The molecule has 0 bridgehead atoms. The molecule has 1 aliphatic rings. The van der Waals surface area contributed by atoms with Crippen LogP contribution in [-0.4, -0.2) is 5.78 Å². The molecule has 1 aromatic rings. The summed E-state index contributed by atoms with van der Waals surface area (Å²) in [6.45, 7) is 1.95. The predicted molar refractivity (Wildman–Crippen MR) is 57.1 cm³/mol. The molecule has 0 saturated heterocycles. The lowest BCUT2D eigenvalue weighted by Gasteiger charge is -2.25. The van der Waals surface area contributed by atoms with E-state index < -0.39 is 5.41 Å². The number of allylic oxidation sites excluding steroid dienone is 4. The van der Waals surface area contributed by atoms with Crippen LogP contribution in [0, 0.1) is 0 Å². The average molecular weight is 184 g/mol. The lowest BCUT2D eigenvalue weighted by molar-refractivity contribution is -0.118. The molecule has 0 aromatic heterocycles. The molecule has 14 heavy (non-hydrogen) atoms. The Hall–Kier alpha value is -1.63. The average Bonchev–Trinajstić information content (AvgIpc) is 2.24. The second-order valence-electron chi connectivity index (χ2n) is 3.65. The molecule has 1 atom stereocenters. The molecule has 0 radical (unpaired) electrons. The topological polar surface area (TPSA) is 17.1 Å². The Morgan fingerprint density at radius 3 is 2.43 bits per heavy atom. The lowest BCUT2D eigenvalue weighted by atomic mass is 9.76. The zero-order valence-corrected chi connectivity index (χ0v) is 8.10. The lowest BCUT2D eigenvalue weighted by Crippen LogP contribution is -2.30. The van der Waals surface area contributed by atoms with Gasteiger partial charge in [-0.05, 0) is 18.6 Å². The van der Waals surface area contributed by atoms with Gasteiger partial charge in [-0.1, -0.05) is 48.6 Å². The maximum absolute atomic E-state index is 11.8. The van der Waals surface area contributed by atoms with Gasteiger partial charge in [-0.15, -0.1) is 0 Å². The zero-order chi connectivity index (χ0) is 10.0. The molecule has 0 N–H and O–H groups in total. The van der Waals surface area contributed by atoms with Gasteiger partial charge in [0.25, 0.3) is 0 Å². The van der Waals surface area contributed by atoms with E-state index in [0.29, 0.717) is 0 Å². The van der Waals surface area contributed by atoms with E-state index in [1.807, 2.05) is 49.4 Å². The van der Waals surface area contributed by atoms with Crippen molar-refractivity contribution in [2.45, 2.75) is 12.3 Å². The highest BCUT2D eigenvalue weighted by atomic mass is 16.1. The summed E-state index contributed by atoms with van der Waals surface area (Å²) in [5.74, 6) is 0.145. The van der Waals surface area contributed by atoms with Gasteiger partial charge in [0.1, 0.15) is 0 Å². The molecular weight excluding hydrogens is 172 g/mol. The first-order valence-electron chi connectivity index (χ1n) is 4.69. The van der Waals surface area contributed by atoms with Crippen LogP contribution < -0.4 is 0 Å². The Morgan fingerprint density at radius 2 is 1.79 bits per heavy atom. The van der Waals surface area contributed by atoms with Crippen molar-refractivity contribution < 1.29 is 4.79 Å². The van der Waals surface area contributed by atoms with Crippen molar-refractivity contribution >= 4 is 5.78 Å². The SMILES string of the molecule is CC1(c2ccccc2)C=CC=CC1=O. The highest BCUT2D eigenvalue weighted by molar-refractivity contribution is 6.01. The normalized spacial score (nSPS) is 25.4. The van der Waals surface area contributed by atoms with E-state index in [0.717, 1.165) is 5.56 Å². The van der Waals surface area contributed by atoms with Gasteiger partial charge >= 0.3 is 0 Å². The van der Waals surface area contributed by atoms with Crippen molar-refractivity contribution in [3.63, 3.8) is 0 Å². The fourth-order valence-corrected chi connectivity index (χ4v) is 1.67. The van der Waals surface area contributed by atoms with Crippen LogP contribution in [0.3, 0.4) is 0 Å². The van der Waals surface area contributed by atoms with Gasteiger partial charge in [0.05, 0.1) is 5.41 Å². The highest BCUT2D eigenvalue weighted by Crippen LogP contribution is 2.28. The van der Waals surface area contributed by atoms with Gasteiger partial charge in [0.2, 0.25) is 0 Å². The molecule has 0 fully saturated rings. The minimum Gasteiger partial charge on any atom is -0.293 e. The van der Waals surface area contributed by atoms with Crippen LogP contribution in [0.4, 0.5) is 0 Å². The molecular formula is C13H12O. The molecule has 0 spiro atoms. The molecule has 0 amide bonds. The maximum Gasteiger partial charge on any atom is 0.169 e. The number of ketones is 1. The van der Waals surface area contributed by atoms with E-state index in [1.165, 1.54) is 0 Å². The number of carbonyl (C=O) groups excluding carboxylic acids is 1. The number of rotatable bonds is 1. The largest absolute Gasteiger partial charge is 0.293 e. The molecule has 0 saturated carbocycles. The first-order valence-corrected chi connectivity index (χ1v) is 4.69. The van der Waals surface area contributed by atoms with Crippen molar-refractivity contribution in [3.8, 4) is 0 Å². The van der Waals surface area contributed by atoms with Crippen molar-refractivity contribution in [1.82, 2.24) is 0 Å². The Kier molecular flexibility index (Phi) is 2.08. The third-order valence-corrected chi connectivity index (χ3v) is 2.67. The predicted octanol–water partition coefficient (Wildman–Crippen LogP) is 2.64. The molecule has 1 aromatic carbocycles. The van der Waals surface area contributed by atoms with Crippen LogP contribution in [0.1, 0.15) is 12.5 Å². The summed E-state index contributed by atoms with van der Waals surface area (Å²) in [5, 5.41) is 0. The van der Waals surface area contributed by atoms with Crippen LogP contribution in [0.2, 0.25) is 0 Å². The van der Waals surface area contributed by atoms with E-state index in [-0.39, 0.29) is 5.78 Å². The second-order valence-corrected chi connectivity index (χ2v) is 3.65. The van der Waals surface area contributed by atoms with Crippen LogP contribution in [0.5, 0.6) is 0 Å². The van der Waals surface area contributed by atoms with E-state index >= 15 is 0 Å². The summed E-state index contributed by atoms with van der Waals surface area (Å²) < 4.78 is 0. The van der Waals surface area contributed by atoms with Gasteiger partial charge in [-0.2, -0.15) is 0 Å². The minimum absolute atomic E-state index is 0.145. The smallest absolute Gasteiger partial charge is 0.169 e. The second kappa shape index (κ2) is 3.26. The number of hydrogen-bond acceptors (Lipinski definition) is 1. The first kappa shape index (κ1) is 8.95. The number of hydrogen-bond donors (Lipinski definition) is 0. The van der Waals surface area contributed by atoms with Gasteiger partial charge in [-0.3, -0.25) is 4.79 Å². The van der Waals surface area contributed by atoms with E-state index in [4.69, 9.17) is 0 Å². The summed E-state index contributed by atoms with van der Waals surface area (Å²) in [6.07, 6.45) is 7.29. The highest BCUT2D eigenvalue weighted by Gasteiger charge is 2.31. The molecule has 0 aliphatic heterocycles. The fourth-order valence-electron chi connectivity index (χ4n) is 1.67. The molecule has 2 rings (SSSR count). The Balaban J connectivity index is 2.47. The van der Waals surface area contributed by atoms with Crippen molar-refractivity contribution in [2.24, 2.45) is 0 Å². The van der Waals surface area contributed by atoms with Gasteiger partial charge in [0.15, 0.2) is 5.78 Å². The molecule has 1 nitrogen and oxygen atoms in total. The summed E-state index contributed by atoms with van der Waals surface area (Å²) in [4.78, 5) is 11.8. The molecule has 70 valence electrons. The standard InChI is InChI=1S/C13H12O/c1-13(10-6-5-9-12(13)14)11-7-3-2-4-8-11/h2-10H,1H3. The minimum atomic E-state index is -0.476. The van der Waals surface area contributed by atoms with Crippen molar-refractivity contribution in [2.75, 3.05) is 0 Å². The first-order chi connectivity index (χ1) is 6.73. The molecule has 1 aliphatic carbocycles. The fraction of sp³-hybridized carbons (Fsp3) is 0.154. The molecule has 0 heterocycles. The van der Waals surface area contributed by atoms with Crippen LogP contribution in [0.15, 0.2) is 54.6 Å².